The van der Waals surface area contributed by atoms with Crippen LogP contribution in [0.2, 0.25) is 0 Å². The smallest absolute Gasteiger partial charge is 0.0459 e. The van der Waals surface area contributed by atoms with Crippen LogP contribution in [0, 0.1) is 5.92 Å². The Kier molecular flexibility index (Phi) is 6.62. The van der Waals surface area contributed by atoms with E-state index in [1.54, 1.807) is 0 Å². The quantitative estimate of drug-likeness (QED) is 0.717. The zero-order valence-corrected chi connectivity index (χ0v) is 12.5. The molecule has 19 heavy (non-hydrogen) atoms. The predicted octanol–water partition coefficient (Wildman–Crippen LogP) is 2.44. The van der Waals surface area contributed by atoms with Crippen LogP contribution in [0.15, 0.2) is 0 Å². The van der Waals surface area contributed by atoms with Gasteiger partial charge in [0, 0.05) is 24.7 Å². The van der Waals surface area contributed by atoms with Gasteiger partial charge in [0.25, 0.3) is 0 Å². The number of hydrogen-bond donors (Lipinski definition) is 3. The van der Waals surface area contributed by atoms with Gasteiger partial charge < -0.3 is 15.7 Å². The van der Waals surface area contributed by atoms with Gasteiger partial charge in [-0.05, 0) is 57.9 Å². The number of nitrogens with one attached hydrogen (secondary N) is 2. The van der Waals surface area contributed by atoms with E-state index in [0.29, 0.717) is 30.7 Å². The summed E-state index contributed by atoms with van der Waals surface area (Å²) in [6.07, 6.45) is 11.7. The van der Waals surface area contributed by atoms with Crippen molar-refractivity contribution >= 4 is 0 Å². The van der Waals surface area contributed by atoms with Crippen molar-refractivity contribution in [1.82, 2.24) is 10.6 Å². The minimum atomic E-state index is 0.372. The molecule has 0 aromatic rings. The van der Waals surface area contributed by atoms with Gasteiger partial charge in [-0.1, -0.05) is 19.3 Å². The van der Waals surface area contributed by atoms with E-state index in [1.807, 2.05) is 0 Å². The van der Waals surface area contributed by atoms with E-state index in [4.69, 9.17) is 0 Å². The lowest BCUT2D eigenvalue weighted by Crippen LogP contribution is -2.43. The van der Waals surface area contributed by atoms with E-state index in [0.717, 1.165) is 0 Å². The molecule has 4 unspecified atom stereocenters. The first-order valence-electron chi connectivity index (χ1n) is 8.38. The summed E-state index contributed by atoms with van der Waals surface area (Å²) in [5.74, 6) is 0.537. The highest BCUT2D eigenvalue weighted by Gasteiger charge is 2.23. The van der Waals surface area contributed by atoms with Crippen LogP contribution in [0.25, 0.3) is 0 Å². The molecule has 1 aliphatic carbocycles. The molecular weight excluding hydrogens is 236 g/mol. The van der Waals surface area contributed by atoms with Crippen LogP contribution in [-0.2, 0) is 0 Å². The second-order valence-electron chi connectivity index (χ2n) is 6.72. The summed E-state index contributed by atoms with van der Waals surface area (Å²) in [4.78, 5) is 0. The third-order valence-electron chi connectivity index (χ3n) is 4.86. The van der Waals surface area contributed by atoms with Crippen molar-refractivity contribution in [2.75, 3.05) is 13.2 Å². The van der Waals surface area contributed by atoms with Gasteiger partial charge in [0.05, 0.1) is 0 Å². The van der Waals surface area contributed by atoms with E-state index in [-0.39, 0.29) is 0 Å². The summed E-state index contributed by atoms with van der Waals surface area (Å²) in [6.45, 7) is 3.90. The molecule has 0 bridgehead atoms. The monoisotopic (exact) mass is 268 g/mol. The summed E-state index contributed by atoms with van der Waals surface area (Å²) in [5.41, 5.74) is 0. The molecule has 0 spiro atoms. The predicted molar refractivity (Wildman–Crippen MR) is 80.3 cm³/mol. The first-order valence-corrected chi connectivity index (χ1v) is 8.38. The Hall–Kier alpha value is -0.120. The van der Waals surface area contributed by atoms with Crippen LogP contribution in [0.1, 0.15) is 64.7 Å². The van der Waals surface area contributed by atoms with Gasteiger partial charge in [-0.25, -0.2) is 0 Å². The molecule has 0 amide bonds. The normalized spacial score (nSPS) is 34.7. The van der Waals surface area contributed by atoms with Gasteiger partial charge in [0.1, 0.15) is 0 Å². The molecule has 112 valence electrons. The highest BCUT2D eigenvalue weighted by atomic mass is 16.3. The lowest BCUT2D eigenvalue weighted by Gasteiger charge is -2.32. The molecule has 1 aliphatic heterocycles. The Morgan fingerprint density at radius 1 is 1.16 bits per heavy atom. The molecule has 4 atom stereocenters. The molecule has 3 heteroatoms. The van der Waals surface area contributed by atoms with Crippen molar-refractivity contribution < 1.29 is 5.11 Å². The summed E-state index contributed by atoms with van der Waals surface area (Å²) in [7, 11) is 0. The van der Waals surface area contributed by atoms with Crippen molar-refractivity contribution in [2.45, 2.75) is 82.8 Å². The lowest BCUT2D eigenvalue weighted by molar-refractivity contribution is 0.165. The summed E-state index contributed by atoms with van der Waals surface area (Å²) >= 11 is 0. The standard InChI is InChI=1S/C16H32N2O/c1-13(10-15-7-3-2-4-9-17-15)18-16-8-5-6-14(11-16)12-19/h13-19H,2-12H2,1H3. The number of rotatable bonds is 5. The van der Waals surface area contributed by atoms with Crippen LogP contribution in [0.5, 0.6) is 0 Å². The second-order valence-corrected chi connectivity index (χ2v) is 6.72. The lowest BCUT2D eigenvalue weighted by atomic mass is 9.85. The molecular formula is C16H32N2O. The van der Waals surface area contributed by atoms with E-state index < -0.39 is 0 Å². The minimum absolute atomic E-state index is 0.372. The second kappa shape index (κ2) is 8.23. The van der Waals surface area contributed by atoms with Crippen molar-refractivity contribution in [3.8, 4) is 0 Å². The Morgan fingerprint density at radius 3 is 2.89 bits per heavy atom. The van der Waals surface area contributed by atoms with Gasteiger partial charge >= 0.3 is 0 Å². The molecule has 3 N–H and O–H groups in total. The van der Waals surface area contributed by atoms with Crippen LogP contribution in [0.4, 0.5) is 0 Å². The fraction of sp³-hybridized carbons (Fsp3) is 1.00. The van der Waals surface area contributed by atoms with Gasteiger partial charge in [0.2, 0.25) is 0 Å². The van der Waals surface area contributed by atoms with Crippen molar-refractivity contribution in [2.24, 2.45) is 5.92 Å². The largest absolute Gasteiger partial charge is 0.396 e. The molecule has 2 aliphatic rings. The Labute approximate surface area is 118 Å². The topological polar surface area (TPSA) is 44.3 Å². The molecule has 1 saturated heterocycles. The molecule has 1 heterocycles. The minimum Gasteiger partial charge on any atom is -0.396 e. The summed E-state index contributed by atoms with van der Waals surface area (Å²) in [6, 6.07) is 1.94. The highest BCUT2D eigenvalue weighted by Crippen LogP contribution is 2.24. The molecule has 0 radical (unpaired) electrons. The fourth-order valence-corrected chi connectivity index (χ4v) is 3.81. The summed E-state index contributed by atoms with van der Waals surface area (Å²) in [5, 5.41) is 16.8. The number of aliphatic hydroxyl groups is 1. The molecule has 1 saturated carbocycles. The van der Waals surface area contributed by atoms with Gasteiger partial charge in [-0.3, -0.25) is 0 Å². The Balaban J connectivity index is 1.69. The van der Waals surface area contributed by atoms with Crippen molar-refractivity contribution in [3.05, 3.63) is 0 Å². The third kappa shape index (κ3) is 5.41. The summed E-state index contributed by atoms with van der Waals surface area (Å²) < 4.78 is 0. The van der Waals surface area contributed by atoms with E-state index >= 15 is 0 Å². The average molecular weight is 268 g/mol. The first-order chi connectivity index (χ1) is 9.28. The van der Waals surface area contributed by atoms with Crippen LogP contribution < -0.4 is 10.6 Å². The van der Waals surface area contributed by atoms with E-state index in [2.05, 4.69) is 17.6 Å². The van der Waals surface area contributed by atoms with Crippen molar-refractivity contribution in [1.29, 1.82) is 0 Å². The Morgan fingerprint density at radius 2 is 2.05 bits per heavy atom. The van der Waals surface area contributed by atoms with Crippen molar-refractivity contribution in [3.63, 3.8) is 0 Å². The zero-order chi connectivity index (χ0) is 13.5. The van der Waals surface area contributed by atoms with Gasteiger partial charge in [0.15, 0.2) is 0 Å². The molecule has 2 fully saturated rings. The number of aliphatic hydroxyl groups excluding tert-OH is 1. The van der Waals surface area contributed by atoms with E-state index in [9.17, 15) is 5.11 Å². The van der Waals surface area contributed by atoms with Crippen LogP contribution >= 0.6 is 0 Å². The Bertz CT molecular complexity index is 239. The molecule has 0 aromatic heterocycles. The zero-order valence-electron chi connectivity index (χ0n) is 12.5. The SMILES string of the molecule is CC(CC1CCCCCN1)NC1CCCC(CO)C1. The molecule has 2 rings (SSSR count). The molecule has 3 nitrogen and oxygen atoms in total. The third-order valence-corrected chi connectivity index (χ3v) is 4.86. The van der Waals surface area contributed by atoms with E-state index in [1.165, 1.54) is 64.3 Å². The van der Waals surface area contributed by atoms with Gasteiger partial charge in [-0.2, -0.15) is 0 Å². The first kappa shape index (κ1) is 15.3. The number of hydrogen-bond acceptors (Lipinski definition) is 3. The average Bonchev–Trinajstić information content (AvgIpc) is 2.67. The fourth-order valence-electron chi connectivity index (χ4n) is 3.81. The van der Waals surface area contributed by atoms with Gasteiger partial charge in [-0.15, -0.1) is 0 Å². The maximum absolute atomic E-state index is 9.30. The maximum Gasteiger partial charge on any atom is 0.0459 e. The highest BCUT2D eigenvalue weighted by molar-refractivity contribution is 4.82. The maximum atomic E-state index is 9.30. The van der Waals surface area contributed by atoms with Crippen LogP contribution in [0.3, 0.4) is 0 Å². The molecule has 0 aromatic carbocycles. The van der Waals surface area contributed by atoms with Crippen LogP contribution in [-0.4, -0.2) is 36.4 Å².